The molecule has 0 fully saturated rings. The Balaban J connectivity index is 1.72. The molecule has 0 aliphatic heterocycles. The van der Waals surface area contributed by atoms with E-state index in [1.54, 1.807) is 60.8 Å². The lowest BCUT2D eigenvalue weighted by Crippen LogP contribution is -2.20. The second kappa shape index (κ2) is 10.5. The number of hydrogen-bond acceptors (Lipinski definition) is 5. The predicted molar refractivity (Wildman–Crippen MR) is 121 cm³/mol. The minimum atomic E-state index is -0.428. The van der Waals surface area contributed by atoms with Gasteiger partial charge in [0, 0.05) is 6.20 Å². The molecule has 0 saturated carbocycles. The summed E-state index contributed by atoms with van der Waals surface area (Å²) in [5.41, 5.74) is 2.02. The molecule has 1 heterocycles. The summed E-state index contributed by atoms with van der Waals surface area (Å²) in [6.45, 7) is -0.273. The number of anilines is 1. The van der Waals surface area contributed by atoms with Crippen LogP contribution in [0.4, 0.5) is 5.69 Å². The lowest BCUT2D eigenvalue weighted by atomic mass is 10.1. The molecule has 2 aromatic carbocycles. The van der Waals surface area contributed by atoms with Gasteiger partial charge < -0.3 is 14.8 Å². The van der Waals surface area contributed by atoms with Gasteiger partial charge in [-0.1, -0.05) is 41.4 Å². The molecule has 3 aromatic rings. The molecule has 0 saturated heterocycles. The van der Waals surface area contributed by atoms with E-state index in [-0.39, 0.29) is 6.61 Å². The average molecular weight is 454 g/mol. The zero-order chi connectivity index (χ0) is 22.2. The number of nitrogens with zero attached hydrogens (tertiary/aromatic N) is 2. The van der Waals surface area contributed by atoms with E-state index < -0.39 is 5.91 Å². The smallest absolute Gasteiger partial charge is 0.262 e. The minimum absolute atomic E-state index is 0.273. The molecule has 0 bridgehead atoms. The number of ether oxygens (including phenoxy) is 2. The summed E-state index contributed by atoms with van der Waals surface area (Å²) in [5, 5.41) is 12.7. The number of amides is 1. The van der Waals surface area contributed by atoms with E-state index in [0.29, 0.717) is 38.5 Å². The molecule has 1 aromatic heterocycles. The van der Waals surface area contributed by atoms with Gasteiger partial charge in [0.2, 0.25) is 0 Å². The highest BCUT2D eigenvalue weighted by Crippen LogP contribution is 2.31. The minimum Gasteiger partial charge on any atom is -0.493 e. The Bertz CT molecular complexity index is 1140. The van der Waals surface area contributed by atoms with E-state index >= 15 is 0 Å². The third-order valence-electron chi connectivity index (χ3n) is 4.15. The van der Waals surface area contributed by atoms with Crippen LogP contribution in [0.5, 0.6) is 11.5 Å². The van der Waals surface area contributed by atoms with E-state index in [1.165, 1.54) is 7.11 Å². The number of carbonyl (C=O) groups is 1. The standard InChI is InChI=1S/C23H17Cl2N3O3/c1-30-21-12-15(11-16(13-26)19-7-2-3-10-27-19)8-9-20(21)31-14-22(29)28-23-17(24)5-4-6-18(23)25/h2-12H,14H2,1H3,(H,28,29)/b16-11+. The van der Waals surface area contributed by atoms with Crippen molar-refractivity contribution in [2.24, 2.45) is 0 Å². The van der Waals surface area contributed by atoms with E-state index in [1.807, 2.05) is 6.07 Å². The maximum atomic E-state index is 12.3. The lowest BCUT2D eigenvalue weighted by Gasteiger charge is -2.13. The van der Waals surface area contributed by atoms with Crippen molar-refractivity contribution in [1.82, 2.24) is 4.98 Å². The van der Waals surface area contributed by atoms with Crippen LogP contribution >= 0.6 is 23.2 Å². The molecule has 3 rings (SSSR count). The Hall–Kier alpha value is -3.53. The van der Waals surface area contributed by atoms with E-state index in [9.17, 15) is 10.1 Å². The zero-order valence-electron chi connectivity index (χ0n) is 16.4. The largest absolute Gasteiger partial charge is 0.493 e. The van der Waals surface area contributed by atoms with E-state index in [4.69, 9.17) is 32.7 Å². The number of carbonyl (C=O) groups excluding carboxylic acids is 1. The van der Waals surface area contributed by atoms with Crippen LogP contribution in [0.1, 0.15) is 11.3 Å². The fourth-order valence-corrected chi connectivity index (χ4v) is 3.17. The molecule has 6 nitrogen and oxygen atoms in total. The van der Waals surface area contributed by atoms with Crippen LogP contribution in [0, 0.1) is 11.3 Å². The van der Waals surface area contributed by atoms with Gasteiger partial charge in [-0.3, -0.25) is 9.78 Å². The fourth-order valence-electron chi connectivity index (χ4n) is 2.68. The quantitative estimate of drug-likeness (QED) is 0.478. The summed E-state index contributed by atoms with van der Waals surface area (Å²) in [5.74, 6) is 0.356. The first-order chi connectivity index (χ1) is 15.0. The molecule has 0 radical (unpaired) electrons. The second-order valence-corrected chi connectivity index (χ2v) is 7.04. The second-order valence-electron chi connectivity index (χ2n) is 6.23. The van der Waals surface area contributed by atoms with Crippen LogP contribution in [0.3, 0.4) is 0 Å². The van der Waals surface area contributed by atoms with Crippen molar-refractivity contribution in [2.45, 2.75) is 0 Å². The average Bonchev–Trinajstić information content (AvgIpc) is 2.79. The number of halogens is 2. The van der Waals surface area contributed by atoms with Gasteiger partial charge in [-0.2, -0.15) is 5.26 Å². The molecule has 8 heteroatoms. The van der Waals surface area contributed by atoms with Crippen molar-refractivity contribution in [1.29, 1.82) is 5.26 Å². The summed E-state index contributed by atoms with van der Waals surface area (Å²) >= 11 is 12.1. The Morgan fingerprint density at radius 3 is 2.55 bits per heavy atom. The number of rotatable bonds is 7. The van der Waals surface area contributed by atoms with Crippen molar-refractivity contribution >= 4 is 46.4 Å². The normalized spacial score (nSPS) is 10.8. The molecule has 156 valence electrons. The number of methoxy groups -OCH3 is 1. The molecule has 0 aliphatic carbocycles. The first-order valence-corrected chi connectivity index (χ1v) is 9.85. The highest BCUT2D eigenvalue weighted by Gasteiger charge is 2.12. The van der Waals surface area contributed by atoms with E-state index in [0.717, 1.165) is 5.56 Å². The summed E-state index contributed by atoms with van der Waals surface area (Å²) in [6.07, 6.45) is 3.32. The first-order valence-electron chi connectivity index (χ1n) is 9.09. The molecule has 0 aliphatic rings. The van der Waals surface area contributed by atoms with Crippen LogP contribution in [-0.4, -0.2) is 24.6 Å². The van der Waals surface area contributed by atoms with Gasteiger partial charge in [-0.25, -0.2) is 0 Å². The maximum Gasteiger partial charge on any atom is 0.262 e. The maximum absolute atomic E-state index is 12.3. The first kappa shape index (κ1) is 22.2. The number of nitriles is 1. The molecule has 0 spiro atoms. The Kier molecular flexibility index (Phi) is 7.50. The number of hydrogen-bond donors (Lipinski definition) is 1. The highest BCUT2D eigenvalue weighted by molar-refractivity contribution is 6.39. The number of para-hydroxylation sites is 1. The molecular formula is C23H17Cl2N3O3. The molecular weight excluding hydrogens is 437 g/mol. The topological polar surface area (TPSA) is 84.2 Å². The lowest BCUT2D eigenvalue weighted by molar-refractivity contribution is -0.118. The van der Waals surface area contributed by atoms with Crippen molar-refractivity contribution in [3.63, 3.8) is 0 Å². The fraction of sp³-hybridized carbons (Fsp3) is 0.0870. The Labute approximate surface area is 189 Å². The molecule has 0 atom stereocenters. The van der Waals surface area contributed by atoms with Crippen molar-refractivity contribution in [3.05, 3.63) is 82.1 Å². The molecule has 0 unspecified atom stereocenters. The third-order valence-corrected chi connectivity index (χ3v) is 4.78. The van der Waals surface area contributed by atoms with Crippen molar-refractivity contribution in [2.75, 3.05) is 19.0 Å². The molecule has 1 N–H and O–H groups in total. The SMILES string of the molecule is COc1cc(/C=C(\C#N)c2ccccn2)ccc1OCC(=O)Nc1c(Cl)cccc1Cl. The molecule has 1 amide bonds. The van der Waals surface area contributed by atoms with Gasteiger partial charge in [0.05, 0.1) is 34.1 Å². The van der Waals surface area contributed by atoms with Crippen LogP contribution in [0.15, 0.2) is 60.8 Å². The number of aromatic nitrogens is 1. The van der Waals surface area contributed by atoms with Crippen LogP contribution in [-0.2, 0) is 4.79 Å². The van der Waals surface area contributed by atoms with Gasteiger partial charge in [-0.05, 0) is 48.0 Å². The van der Waals surface area contributed by atoms with Crippen LogP contribution in [0.2, 0.25) is 10.0 Å². The van der Waals surface area contributed by atoms with Crippen molar-refractivity contribution < 1.29 is 14.3 Å². The van der Waals surface area contributed by atoms with Gasteiger partial charge in [0.1, 0.15) is 6.07 Å². The Morgan fingerprint density at radius 1 is 1.13 bits per heavy atom. The van der Waals surface area contributed by atoms with Gasteiger partial charge in [0.15, 0.2) is 18.1 Å². The van der Waals surface area contributed by atoms with E-state index in [2.05, 4.69) is 16.4 Å². The number of benzene rings is 2. The number of pyridine rings is 1. The third kappa shape index (κ3) is 5.76. The summed E-state index contributed by atoms with van der Waals surface area (Å²) in [4.78, 5) is 16.4. The summed E-state index contributed by atoms with van der Waals surface area (Å²) in [6, 6.07) is 17.5. The van der Waals surface area contributed by atoms with Gasteiger partial charge >= 0.3 is 0 Å². The van der Waals surface area contributed by atoms with Gasteiger partial charge in [-0.15, -0.1) is 0 Å². The number of nitrogens with one attached hydrogen (secondary N) is 1. The molecule has 31 heavy (non-hydrogen) atoms. The van der Waals surface area contributed by atoms with Crippen LogP contribution < -0.4 is 14.8 Å². The zero-order valence-corrected chi connectivity index (χ0v) is 17.9. The van der Waals surface area contributed by atoms with Crippen molar-refractivity contribution in [3.8, 4) is 17.6 Å². The Morgan fingerprint density at radius 2 is 1.90 bits per heavy atom. The summed E-state index contributed by atoms with van der Waals surface area (Å²) < 4.78 is 11.0. The predicted octanol–water partition coefficient (Wildman–Crippen LogP) is 5.48. The van der Waals surface area contributed by atoms with Gasteiger partial charge in [0.25, 0.3) is 5.91 Å². The highest BCUT2D eigenvalue weighted by atomic mass is 35.5. The number of allylic oxidation sites excluding steroid dienone is 1. The monoisotopic (exact) mass is 453 g/mol. The summed E-state index contributed by atoms with van der Waals surface area (Å²) in [7, 11) is 1.49. The van der Waals surface area contributed by atoms with Crippen LogP contribution in [0.25, 0.3) is 11.6 Å².